The number of nitrogens with zero attached hydrogens (tertiary/aromatic N) is 1. The van der Waals surface area contributed by atoms with Crippen molar-refractivity contribution in [3.63, 3.8) is 0 Å². The molecule has 2 rings (SSSR count). The van der Waals surface area contributed by atoms with Gasteiger partial charge in [0.15, 0.2) is 0 Å². The first-order valence-corrected chi connectivity index (χ1v) is 6.83. The summed E-state index contributed by atoms with van der Waals surface area (Å²) in [5, 5.41) is 9.89. The molecular formula is C16H14N2O6. The number of ketones is 1. The Morgan fingerprint density at radius 3 is 2.54 bits per heavy atom. The molecule has 124 valence electrons. The van der Waals surface area contributed by atoms with E-state index in [4.69, 9.17) is 0 Å². The smallest absolute Gasteiger partial charge is 0.378 e. The summed E-state index contributed by atoms with van der Waals surface area (Å²) in [6, 6.07) is 8.76. The fourth-order valence-electron chi connectivity index (χ4n) is 1.97. The Bertz CT molecular complexity index is 908. The van der Waals surface area contributed by atoms with Crippen molar-refractivity contribution in [2.75, 3.05) is 7.11 Å². The summed E-state index contributed by atoms with van der Waals surface area (Å²) in [5.74, 6) is -3.06. The molecule has 0 radical (unpaired) electrons. The third-order valence-corrected chi connectivity index (χ3v) is 3.17. The van der Waals surface area contributed by atoms with Gasteiger partial charge in [0.1, 0.15) is 5.76 Å². The number of hydrogen-bond donors (Lipinski definition) is 2. The quantitative estimate of drug-likeness (QED) is 0.350. The maximum absolute atomic E-state index is 12.4. The molecule has 2 N–H and O–H groups in total. The van der Waals surface area contributed by atoms with Gasteiger partial charge < -0.3 is 14.8 Å². The average molecular weight is 330 g/mol. The SMILES string of the molecule is COC(=O)C(=O)C=C(O)c1c[nH]c(=O)n(Cc2ccccc2)c1=O. The summed E-state index contributed by atoms with van der Waals surface area (Å²) in [5.41, 5.74) is -1.08. The molecule has 8 heteroatoms. The van der Waals surface area contributed by atoms with Gasteiger partial charge in [-0.1, -0.05) is 30.3 Å². The molecule has 1 aromatic heterocycles. The van der Waals surface area contributed by atoms with E-state index in [1.165, 1.54) is 0 Å². The highest BCUT2D eigenvalue weighted by atomic mass is 16.5. The molecule has 2 aromatic rings. The minimum Gasteiger partial charge on any atom is -0.507 e. The van der Waals surface area contributed by atoms with Gasteiger partial charge >= 0.3 is 11.7 Å². The molecule has 0 bridgehead atoms. The van der Waals surface area contributed by atoms with E-state index in [0.29, 0.717) is 11.6 Å². The van der Waals surface area contributed by atoms with E-state index in [1.807, 2.05) is 0 Å². The van der Waals surface area contributed by atoms with Crippen molar-refractivity contribution < 1.29 is 19.4 Å². The minimum absolute atomic E-state index is 0.0128. The molecule has 1 heterocycles. The zero-order chi connectivity index (χ0) is 17.7. The zero-order valence-corrected chi connectivity index (χ0v) is 12.7. The van der Waals surface area contributed by atoms with Gasteiger partial charge in [-0.3, -0.25) is 14.2 Å². The summed E-state index contributed by atoms with van der Waals surface area (Å²) < 4.78 is 5.09. The van der Waals surface area contributed by atoms with Crippen molar-refractivity contribution >= 4 is 17.5 Å². The molecule has 1 aromatic carbocycles. The van der Waals surface area contributed by atoms with Gasteiger partial charge in [-0.05, 0) is 5.56 Å². The first-order valence-electron chi connectivity index (χ1n) is 6.83. The lowest BCUT2D eigenvalue weighted by molar-refractivity contribution is -0.149. The Labute approximate surface area is 135 Å². The van der Waals surface area contributed by atoms with Crippen LogP contribution in [-0.2, 0) is 20.9 Å². The Hall–Kier alpha value is -3.42. The van der Waals surface area contributed by atoms with Crippen molar-refractivity contribution in [1.29, 1.82) is 0 Å². The molecule has 0 spiro atoms. The van der Waals surface area contributed by atoms with Crippen LogP contribution < -0.4 is 11.2 Å². The van der Waals surface area contributed by atoms with Gasteiger partial charge in [-0.2, -0.15) is 0 Å². The number of methoxy groups -OCH3 is 1. The molecule has 0 aliphatic heterocycles. The highest BCUT2D eigenvalue weighted by Gasteiger charge is 2.16. The number of benzene rings is 1. The van der Waals surface area contributed by atoms with Crippen LogP contribution in [0.3, 0.4) is 0 Å². The van der Waals surface area contributed by atoms with Crippen LogP contribution in [0.5, 0.6) is 0 Å². The van der Waals surface area contributed by atoms with E-state index in [1.54, 1.807) is 30.3 Å². The molecule has 0 saturated heterocycles. The lowest BCUT2D eigenvalue weighted by Gasteiger charge is -2.07. The number of H-pyrrole nitrogens is 1. The second-order valence-corrected chi connectivity index (χ2v) is 4.77. The highest BCUT2D eigenvalue weighted by molar-refractivity contribution is 6.39. The number of nitrogens with one attached hydrogen (secondary N) is 1. The molecule has 0 saturated carbocycles. The average Bonchev–Trinajstić information content (AvgIpc) is 2.58. The Morgan fingerprint density at radius 2 is 1.92 bits per heavy atom. The fraction of sp³-hybridized carbons (Fsp3) is 0.125. The fourth-order valence-corrected chi connectivity index (χ4v) is 1.97. The maximum Gasteiger partial charge on any atom is 0.378 e. The minimum atomic E-state index is -1.18. The van der Waals surface area contributed by atoms with Crippen molar-refractivity contribution in [1.82, 2.24) is 9.55 Å². The number of hydrogen-bond acceptors (Lipinski definition) is 6. The van der Waals surface area contributed by atoms with Crippen LogP contribution in [0, 0.1) is 0 Å². The normalized spacial score (nSPS) is 11.1. The molecular weight excluding hydrogens is 316 g/mol. The topological polar surface area (TPSA) is 118 Å². The number of aliphatic hydroxyl groups is 1. The second-order valence-electron chi connectivity index (χ2n) is 4.77. The lowest BCUT2D eigenvalue weighted by atomic mass is 10.2. The van der Waals surface area contributed by atoms with Gasteiger partial charge in [0, 0.05) is 12.3 Å². The standard InChI is InChI=1S/C16H14N2O6/c1-24-15(22)13(20)7-12(19)11-8-17-16(23)18(14(11)21)9-10-5-3-2-4-6-10/h2-8,19H,9H2,1H3,(H,17,23). The summed E-state index contributed by atoms with van der Waals surface area (Å²) in [6.45, 7) is -0.0128. The van der Waals surface area contributed by atoms with Crippen LogP contribution in [-0.4, -0.2) is 33.5 Å². The molecule has 0 atom stereocenters. The zero-order valence-electron chi connectivity index (χ0n) is 12.7. The number of aromatic amines is 1. The van der Waals surface area contributed by atoms with Crippen LogP contribution in [0.2, 0.25) is 0 Å². The molecule has 0 amide bonds. The van der Waals surface area contributed by atoms with E-state index < -0.39 is 28.8 Å². The molecule has 24 heavy (non-hydrogen) atoms. The van der Waals surface area contributed by atoms with Gasteiger partial charge in [0.25, 0.3) is 11.3 Å². The Kier molecular flexibility index (Phi) is 5.10. The van der Waals surface area contributed by atoms with E-state index in [0.717, 1.165) is 17.9 Å². The van der Waals surface area contributed by atoms with Gasteiger partial charge in [0.2, 0.25) is 0 Å². The summed E-state index contributed by atoms with van der Waals surface area (Å²) in [7, 11) is 1.01. The maximum atomic E-state index is 12.4. The third kappa shape index (κ3) is 3.67. The van der Waals surface area contributed by atoms with E-state index in [-0.39, 0.29) is 12.1 Å². The second kappa shape index (κ2) is 7.23. The highest BCUT2D eigenvalue weighted by Crippen LogP contribution is 2.05. The van der Waals surface area contributed by atoms with Crippen LogP contribution in [0.4, 0.5) is 0 Å². The molecule has 0 aliphatic carbocycles. The number of carbonyl (C=O) groups excluding carboxylic acids is 2. The predicted octanol–water partition coefficient (Wildman–Crippen LogP) is 0.226. The van der Waals surface area contributed by atoms with Crippen LogP contribution >= 0.6 is 0 Å². The van der Waals surface area contributed by atoms with Gasteiger partial charge in [0.05, 0.1) is 19.2 Å². The van der Waals surface area contributed by atoms with Crippen molar-refractivity contribution in [3.05, 3.63) is 74.6 Å². The number of esters is 1. The van der Waals surface area contributed by atoms with Crippen LogP contribution in [0.15, 0.2) is 52.2 Å². The monoisotopic (exact) mass is 330 g/mol. The first kappa shape index (κ1) is 16.9. The van der Waals surface area contributed by atoms with E-state index in [9.17, 15) is 24.3 Å². The first-order chi connectivity index (χ1) is 11.4. The van der Waals surface area contributed by atoms with Gasteiger partial charge in [-0.25, -0.2) is 9.59 Å². The summed E-state index contributed by atoms with van der Waals surface area (Å²) >= 11 is 0. The lowest BCUT2D eigenvalue weighted by Crippen LogP contribution is -2.37. The molecule has 8 nitrogen and oxygen atoms in total. The number of ether oxygens (including phenoxy) is 1. The van der Waals surface area contributed by atoms with Crippen molar-refractivity contribution in [3.8, 4) is 0 Å². The van der Waals surface area contributed by atoms with Crippen LogP contribution in [0.1, 0.15) is 11.1 Å². The predicted molar refractivity (Wildman–Crippen MR) is 84.5 cm³/mol. The Morgan fingerprint density at radius 1 is 1.25 bits per heavy atom. The Balaban J connectivity index is 2.43. The molecule has 0 aliphatic rings. The summed E-state index contributed by atoms with van der Waals surface area (Å²) in [4.78, 5) is 49.0. The van der Waals surface area contributed by atoms with Crippen molar-refractivity contribution in [2.45, 2.75) is 6.54 Å². The number of carbonyl (C=O) groups is 2. The largest absolute Gasteiger partial charge is 0.507 e. The molecule has 0 fully saturated rings. The summed E-state index contributed by atoms with van der Waals surface area (Å²) in [6.07, 6.45) is 1.54. The van der Waals surface area contributed by atoms with E-state index >= 15 is 0 Å². The van der Waals surface area contributed by atoms with Crippen molar-refractivity contribution in [2.24, 2.45) is 0 Å². The number of aliphatic hydroxyl groups excluding tert-OH is 1. The van der Waals surface area contributed by atoms with Gasteiger partial charge in [-0.15, -0.1) is 0 Å². The van der Waals surface area contributed by atoms with E-state index in [2.05, 4.69) is 9.72 Å². The van der Waals surface area contributed by atoms with Crippen LogP contribution in [0.25, 0.3) is 5.76 Å². The number of rotatable bonds is 5. The molecule has 0 unspecified atom stereocenters. The number of aromatic nitrogens is 2. The third-order valence-electron chi connectivity index (χ3n) is 3.17.